The summed E-state index contributed by atoms with van der Waals surface area (Å²) in [4.78, 5) is 16.3. The lowest BCUT2D eigenvalue weighted by Crippen LogP contribution is -2.20. The number of H-pyrrole nitrogens is 1. The van der Waals surface area contributed by atoms with Crippen molar-refractivity contribution >= 4 is 23.8 Å². The summed E-state index contributed by atoms with van der Waals surface area (Å²) < 4.78 is 13.3. The Labute approximate surface area is 201 Å². The van der Waals surface area contributed by atoms with E-state index in [-0.39, 0.29) is 12.5 Å². The number of aromatic amines is 1. The summed E-state index contributed by atoms with van der Waals surface area (Å²) in [6, 6.07) is 16.8. The third-order valence-electron chi connectivity index (χ3n) is 4.97. The van der Waals surface area contributed by atoms with E-state index in [4.69, 9.17) is 21.7 Å². The maximum atomic E-state index is 12.2. The van der Waals surface area contributed by atoms with E-state index in [1.54, 1.807) is 30.2 Å². The van der Waals surface area contributed by atoms with E-state index >= 15 is 0 Å². The van der Waals surface area contributed by atoms with Gasteiger partial charge in [0.1, 0.15) is 0 Å². The van der Waals surface area contributed by atoms with Gasteiger partial charge in [-0.15, -0.1) is 0 Å². The molecule has 0 saturated heterocycles. The number of hydrogen-bond acceptors (Lipinski definition) is 7. The molecule has 34 heavy (non-hydrogen) atoms. The highest BCUT2D eigenvalue weighted by molar-refractivity contribution is 7.71. The van der Waals surface area contributed by atoms with Gasteiger partial charge in [0.2, 0.25) is 4.77 Å². The number of anilines is 1. The number of aromatic nitrogens is 4. The number of amides is 1. The van der Waals surface area contributed by atoms with Gasteiger partial charge in [-0.1, -0.05) is 23.8 Å². The number of carbonyl (C=O) groups is 1. The molecule has 4 rings (SSSR count). The zero-order chi connectivity index (χ0) is 23.9. The van der Waals surface area contributed by atoms with Crippen LogP contribution in [-0.4, -0.2) is 39.5 Å². The van der Waals surface area contributed by atoms with Crippen LogP contribution in [-0.2, 0) is 11.3 Å². The molecule has 0 bridgehead atoms. The number of nitrogens with zero attached hydrogens (tertiary/aromatic N) is 3. The van der Waals surface area contributed by atoms with Crippen LogP contribution in [0, 0.1) is 11.7 Å². The molecule has 3 N–H and O–H groups in total. The van der Waals surface area contributed by atoms with Gasteiger partial charge in [-0.3, -0.25) is 9.78 Å². The number of pyridine rings is 1. The third-order valence-corrected chi connectivity index (χ3v) is 5.25. The van der Waals surface area contributed by atoms with Crippen molar-refractivity contribution < 1.29 is 14.3 Å². The van der Waals surface area contributed by atoms with Gasteiger partial charge in [-0.2, -0.15) is 5.10 Å². The molecule has 0 aliphatic carbocycles. The fourth-order valence-electron chi connectivity index (χ4n) is 3.23. The minimum absolute atomic E-state index is 0.138. The number of methoxy groups -OCH3 is 1. The molecule has 0 spiro atoms. The molecule has 0 atom stereocenters. The minimum atomic E-state index is -0.255. The van der Waals surface area contributed by atoms with Crippen LogP contribution in [0.2, 0.25) is 0 Å². The molecule has 0 aliphatic rings. The zero-order valence-electron chi connectivity index (χ0n) is 18.7. The number of carbonyl (C=O) groups excluding carboxylic acids is 1. The van der Waals surface area contributed by atoms with Crippen molar-refractivity contribution in [3.63, 3.8) is 0 Å². The van der Waals surface area contributed by atoms with Crippen molar-refractivity contribution in [3.05, 3.63) is 82.9 Å². The lowest BCUT2D eigenvalue weighted by Gasteiger charge is -2.14. The molecular weight excluding hydrogens is 452 g/mol. The Bertz CT molecular complexity index is 1320. The second kappa shape index (κ2) is 10.6. The van der Waals surface area contributed by atoms with Gasteiger partial charge in [0, 0.05) is 23.6 Å². The van der Waals surface area contributed by atoms with Crippen LogP contribution in [0.3, 0.4) is 0 Å². The van der Waals surface area contributed by atoms with Crippen molar-refractivity contribution in [2.24, 2.45) is 0 Å². The molecule has 0 unspecified atom stereocenters. The predicted molar refractivity (Wildman–Crippen MR) is 132 cm³/mol. The molecule has 0 saturated carbocycles. The number of ether oxygens (including phenoxy) is 2. The Morgan fingerprint density at radius 3 is 2.59 bits per heavy atom. The highest BCUT2D eigenvalue weighted by Crippen LogP contribution is 2.28. The number of rotatable bonds is 9. The predicted octanol–water partition coefficient (Wildman–Crippen LogP) is 4.08. The molecule has 2 aromatic heterocycles. The van der Waals surface area contributed by atoms with E-state index in [0.29, 0.717) is 28.6 Å². The molecule has 10 heteroatoms. The molecule has 9 nitrogen and oxygen atoms in total. The van der Waals surface area contributed by atoms with Crippen LogP contribution in [0.1, 0.15) is 11.1 Å². The maximum Gasteiger partial charge on any atom is 0.262 e. The highest BCUT2D eigenvalue weighted by atomic mass is 32.1. The standard InChI is InChI=1S/C24H24N6O3S/c1-16-3-6-19(7-4-16)27-22(31)15-33-20-8-5-17(13-21(20)32-2)14-26-30-23(28-29-24(30)34)18-9-11-25-12-10-18/h3-13,26H,14-15H2,1-2H3,(H,27,31)(H,29,34). The normalized spacial score (nSPS) is 10.5. The summed E-state index contributed by atoms with van der Waals surface area (Å²) in [5, 5.41) is 9.90. The second-order valence-corrected chi connectivity index (χ2v) is 7.83. The summed E-state index contributed by atoms with van der Waals surface area (Å²) in [6.45, 7) is 2.31. The van der Waals surface area contributed by atoms with Crippen LogP contribution in [0.25, 0.3) is 11.4 Å². The average molecular weight is 477 g/mol. The Balaban J connectivity index is 1.39. The fraction of sp³-hybridized carbons (Fsp3) is 0.167. The SMILES string of the molecule is COc1cc(CNn2c(-c3ccncc3)n[nH]c2=S)ccc1OCC(=O)Nc1ccc(C)cc1. The quantitative estimate of drug-likeness (QED) is 0.313. The van der Waals surface area contributed by atoms with E-state index < -0.39 is 0 Å². The number of benzene rings is 2. The fourth-order valence-corrected chi connectivity index (χ4v) is 3.42. The van der Waals surface area contributed by atoms with E-state index in [9.17, 15) is 4.79 Å². The smallest absolute Gasteiger partial charge is 0.262 e. The van der Waals surface area contributed by atoms with Crippen molar-refractivity contribution in [1.82, 2.24) is 19.9 Å². The number of nitrogens with one attached hydrogen (secondary N) is 3. The van der Waals surface area contributed by atoms with Gasteiger partial charge in [0.15, 0.2) is 23.9 Å². The minimum Gasteiger partial charge on any atom is -0.493 e. The van der Waals surface area contributed by atoms with E-state index in [2.05, 4.69) is 25.9 Å². The topological polar surface area (TPSA) is 106 Å². The lowest BCUT2D eigenvalue weighted by molar-refractivity contribution is -0.118. The summed E-state index contributed by atoms with van der Waals surface area (Å²) in [5.74, 6) is 1.39. The van der Waals surface area contributed by atoms with Gasteiger partial charge in [-0.05, 0) is 61.1 Å². The van der Waals surface area contributed by atoms with Crippen LogP contribution in [0.4, 0.5) is 5.69 Å². The van der Waals surface area contributed by atoms with Gasteiger partial charge in [0.25, 0.3) is 5.91 Å². The first kappa shape index (κ1) is 23.0. The van der Waals surface area contributed by atoms with Crippen molar-refractivity contribution in [2.75, 3.05) is 24.5 Å². The first-order valence-corrected chi connectivity index (χ1v) is 10.9. The Kier molecular flexibility index (Phi) is 7.19. The Morgan fingerprint density at radius 1 is 1.09 bits per heavy atom. The number of hydrogen-bond donors (Lipinski definition) is 3. The monoisotopic (exact) mass is 476 g/mol. The van der Waals surface area contributed by atoms with Crippen LogP contribution in [0.5, 0.6) is 11.5 Å². The molecular formula is C24H24N6O3S. The molecule has 0 fully saturated rings. The lowest BCUT2D eigenvalue weighted by atomic mass is 10.2. The molecule has 4 aromatic rings. The van der Waals surface area contributed by atoms with E-state index in [1.807, 2.05) is 55.5 Å². The van der Waals surface area contributed by atoms with Crippen LogP contribution < -0.4 is 20.2 Å². The molecule has 2 aromatic carbocycles. The molecule has 0 aliphatic heterocycles. The summed E-state index contributed by atoms with van der Waals surface area (Å²) in [5.41, 5.74) is 6.91. The zero-order valence-corrected chi connectivity index (χ0v) is 19.6. The first-order valence-electron chi connectivity index (χ1n) is 10.5. The van der Waals surface area contributed by atoms with Gasteiger partial charge >= 0.3 is 0 Å². The summed E-state index contributed by atoms with van der Waals surface area (Å²) in [6.07, 6.45) is 3.39. The Hall–Kier alpha value is -4.18. The van der Waals surface area contributed by atoms with E-state index in [1.165, 1.54) is 0 Å². The average Bonchev–Trinajstić information content (AvgIpc) is 3.23. The highest BCUT2D eigenvalue weighted by Gasteiger charge is 2.11. The van der Waals surface area contributed by atoms with Gasteiger partial charge < -0.3 is 20.2 Å². The maximum absolute atomic E-state index is 12.2. The van der Waals surface area contributed by atoms with Gasteiger partial charge in [0.05, 0.1) is 13.7 Å². The number of aryl methyl sites for hydroxylation is 1. The summed E-state index contributed by atoms with van der Waals surface area (Å²) >= 11 is 5.35. The molecule has 1 amide bonds. The van der Waals surface area contributed by atoms with E-state index in [0.717, 1.165) is 22.4 Å². The van der Waals surface area contributed by atoms with Crippen molar-refractivity contribution in [3.8, 4) is 22.9 Å². The molecule has 2 heterocycles. The van der Waals surface area contributed by atoms with Crippen molar-refractivity contribution in [1.29, 1.82) is 0 Å². The third kappa shape index (κ3) is 5.59. The molecule has 0 radical (unpaired) electrons. The summed E-state index contributed by atoms with van der Waals surface area (Å²) in [7, 11) is 1.56. The molecule has 174 valence electrons. The Morgan fingerprint density at radius 2 is 1.85 bits per heavy atom. The second-order valence-electron chi connectivity index (χ2n) is 7.45. The first-order chi connectivity index (χ1) is 16.5. The van der Waals surface area contributed by atoms with Crippen LogP contribution in [0.15, 0.2) is 67.0 Å². The van der Waals surface area contributed by atoms with Crippen molar-refractivity contribution in [2.45, 2.75) is 13.5 Å². The van der Waals surface area contributed by atoms with Crippen LogP contribution >= 0.6 is 12.2 Å². The largest absolute Gasteiger partial charge is 0.493 e. The van der Waals surface area contributed by atoms with Gasteiger partial charge in [-0.25, -0.2) is 9.77 Å².